The van der Waals surface area contributed by atoms with Crippen LogP contribution in [0.3, 0.4) is 0 Å². The lowest BCUT2D eigenvalue weighted by atomic mass is 10.0. The first-order valence-corrected chi connectivity index (χ1v) is 7.34. The zero-order valence-corrected chi connectivity index (χ0v) is 11.8. The predicted octanol–water partition coefficient (Wildman–Crippen LogP) is 2.12. The largest absolute Gasteiger partial charge is 0.374 e. The minimum atomic E-state index is 0.254. The van der Waals surface area contributed by atoms with E-state index in [1.165, 1.54) is 11.5 Å². The molecule has 1 amide bonds. The molecule has 0 bridgehead atoms. The molecular weight excluding hydrogens is 248 g/mol. The topological polar surface area (TPSA) is 58.1 Å². The van der Waals surface area contributed by atoms with Gasteiger partial charge in [-0.15, -0.1) is 5.10 Å². The highest BCUT2D eigenvalue weighted by Gasteiger charge is 2.29. The van der Waals surface area contributed by atoms with E-state index in [1.807, 2.05) is 11.8 Å². The Bertz CT molecular complexity index is 407. The van der Waals surface area contributed by atoms with E-state index in [-0.39, 0.29) is 5.91 Å². The van der Waals surface area contributed by atoms with Gasteiger partial charge in [0.2, 0.25) is 5.91 Å². The molecule has 2 rings (SSSR count). The molecule has 1 N–H and O–H groups in total. The maximum absolute atomic E-state index is 11.9. The first kappa shape index (κ1) is 13.3. The van der Waals surface area contributed by atoms with E-state index >= 15 is 0 Å². The van der Waals surface area contributed by atoms with Crippen molar-refractivity contribution < 1.29 is 4.79 Å². The van der Waals surface area contributed by atoms with E-state index < -0.39 is 0 Å². The molecule has 1 unspecified atom stereocenters. The van der Waals surface area contributed by atoms with Crippen LogP contribution >= 0.6 is 11.5 Å². The summed E-state index contributed by atoms with van der Waals surface area (Å²) in [5, 5.41) is 8.34. The molecule has 100 valence electrons. The summed E-state index contributed by atoms with van der Waals surface area (Å²) in [6, 6.07) is 0. The zero-order valence-electron chi connectivity index (χ0n) is 11.0. The van der Waals surface area contributed by atoms with Gasteiger partial charge < -0.3 is 10.2 Å². The summed E-state index contributed by atoms with van der Waals surface area (Å²) in [6.45, 7) is 6.53. The lowest BCUT2D eigenvalue weighted by Gasteiger charge is -2.15. The van der Waals surface area contributed by atoms with Gasteiger partial charge in [-0.2, -0.15) is 0 Å². The van der Waals surface area contributed by atoms with Crippen LogP contribution in [0.2, 0.25) is 0 Å². The van der Waals surface area contributed by atoms with Crippen molar-refractivity contribution in [3.8, 4) is 0 Å². The van der Waals surface area contributed by atoms with Crippen LogP contribution in [0.4, 0.5) is 5.00 Å². The predicted molar refractivity (Wildman–Crippen MR) is 72.5 cm³/mol. The van der Waals surface area contributed by atoms with Crippen LogP contribution < -0.4 is 5.32 Å². The number of carbonyl (C=O) groups is 1. The molecule has 1 aromatic rings. The average molecular weight is 268 g/mol. The number of nitrogens with zero attached hydrogens (tertiary/aromatic N) is 3. The van der Waals surface area contributed by atoms with Gasteiger partial charge in [0.05, 0.1) is 6.54 Å². The molecule has 1 atom stereocenters. The van der Waals surface area contributed by atoms with Crippen molar-refractivity contribution in [2.75, 3.05) is 18.4 Å². The summed E-state index contributed by atoms with van der Waals surface area (Å²) in [5.41, 5.74) is 0.896. The van der Waals surface area contributed by atoms with Gasteiger partial charge in [0, 0.05) is 31.0 Å². The summed E-state index contributed by atoms with van der Waals surface area (Å²) in [4.78, 5) is 13.8. The lowest BCUT2D eigenvalue weighted by molar-refractivity contribution is -0.128. The van der Waals surface area contributed by atoms with Crippen LogP contribution in [0.1, 0.15) is 38.8 Å². The minimum absolute atomic E-state index is 0.254. The van der Waals surface area contributed by atoms with Gasteiger partial charge in [-0.05, 0) is 19.3 Å². The average Bonchev–Trinajstić information content (AvgIpc) is 2.89. The number of hydrogen-bond acceptors (Lipinski definition) is 5. The summed E-state index contributed by atoms with van der Waals surface area (Å²) < 4.78 is 3.95. The quantitative estimate of drug-likeness (QED) is 0.858. The Kier molecular flexibility index (Phi) is 4.52. The van der Waals surface area contributed by atoms with Crippen molar-refractivity contribution in [1.29, 1.82) is 0 Å². The first-order chi connectivity index (χ1) is 8.74. The number of aromatic nitrogens is 2. The van der Waals surface area contributed by atoms with Gasteiger partial charge >= 0.3 is 0 Å². The Labute approximate surface area is 112 Å². The van der Waals surface area contributed by atoms with Gasteiger partial charge in [0.25, 0.3) is 0 Å². The van der Waals surface area contributed by atoms with Crippen molar-refractivity contribution in [1.82, 2.24) is 14.5 Å². The van der Waals surface area contributed by atoms with Crippen molar-refractivity contribution in [3.63, 3.8) is 0 Å². The maximum atomic E-state index is 11.9. The molecular formula is C12H20N4OS. The molecule has 1 fully saturated rings. The van der Waals surface area contributed by atoms with Gasteiger partial charge in [0.15, 0.2) is 0 Å². The summed E-state index contributed by atoms with van der Waals surface area (Å²) in [5.74, 6) is 0.778. The van der Waals surface area contributed by atoms with E-state index in [2.05, 4.69) is 21.8 Å². The fourth-order valence-corrected chi connectivity index (χ4v) is 3.04. The van der Waals surface area contributed by atoms with Crippen molar-refractivity contribution in [2.45, 2.75) is 39.7 Å². The fourth-order valence-electron chi connectivity index (χ4n) is 2.40. The second-order valence-corrected chi connectivity index (χ2v) is 5.47. The molecule has 1 aromatic heterocycles. The van der Waals surface area contributed by atoms with Crippen molar-refractivity contribution >= 4 is 22.4 Å². The SMILES string of the molecule is CCCC1CC(=O)N(Cc2nnsc2NCC)C1. The third-order valence-electron chi connectivity index (χ3n) is 3.23. The van der Waals surface area contributed by atoms with Crippen LogP contribution in [-0.4, -0.2) is 33.5 Å². The Morgan fingerprint density at radius 3 is 3.06 bits per heavy atom. The molecule has 0 aliphatic carbocycles. The maximum Gasteiger partial charge on any atom is 0.223 e. The Hall–Kier alpha value is -1.17. The molecule has 1 saturated heterocycles. The molecule has 0 spiro atoms. The molecule has 1 aliphatic heterocycles. The number of amides is 1. The number of hydrogen-bond donors (Lipinski definition) is 1. The normalized spacial score (nSPS) is 19.6. The molecule has 1 aliphatic rings. The van der Waals surface area contributed by atoms with E-state index in [9.17, 15) is 4.79 Å². The number of carbonyl (C=O) groups excluding carboxylic acids is 1. The molecule has 0 saturated carbocycles. The number of anilines is 1. The lowest BCUT2D eigenvalue weighted by Crippen LogP contribution is -2.25. The second kappa shape index (κ2) is 6.13. The standard InChI is InChI=1S/C12H20N4OS/c1-3-5-9-6-11(17)16(7-9)8-10-12(13-4-2)18-15-14-10/h9,13H,3-8H2,1-2H3. The minimum Gasteiger partial charge on any atom is -0.374 e. The molecule has 0 aromatic carbocycles. The monoisotopic (exact) mass is 268 g/mol. The van der Waals surface area contributed by atoms with Gasteiger partial charge in [-0.3, -0.25) is 4.79 Å². The highest BCUT2D eigenvalue weighted by Crippen LogP contribution is 2.26. The van der Waals surface area contributed by atoms with Gasteiger partial charge in [-0.25, -0.2) is 0 Å². The summed E-state index contributed by atoms with van der Waals surface area (Å²) in [6.07, 6.45) is 2.98. The number of likely N-dealkylation sites (tertiary alicyclic amines) is 1. The van der Waals surface area contributed by atoms with E-state index in [4.69, 9.17) is 0 Å². The Balaban J connectivity index is 1.96. The summed E-state index contributed by atoms with van der Waals surface area (Å²) in [7, 11) is 0. The number of nitrogens with one attached hydrogen (secondary N) is 1. The van der Waals surface area contributed by atoms with Crippen molar-refractivity contribution in [2.24, 2.45) is 5.92 Å². The van der Waals surface area contributed by atoms with Crippen LogP contribution in [0.5, 0.6) is 0 Å². The van der Waals surface area contributed by atoms with Crippen LogP contribution in [0.15, 0.2) is 0 Å². The van der Waals surface area contributed by atoms with Crippen LogP contribution in [-0.2, 0) is 11.3 Å². The Morgan fingerprint density at radius 2 is 2.33 bits per heavy atom. The Morgan fingerprint density at radius 1 is 1.50 bits per heavy atom. The van der Waals surface area contributed by atoms with E-state index in [1.54, 1.807) is 0 Å². The van der Waals surface area contributed by atoms with Crippen LogP contribution in [0.25, 0.3) is 0 Å². The second-order valence-electron chi connectivity index (χ2n) is 4.71. The fraction of sp³-hybridized carbons (Fsp3) is 0.750. The third-order valence-corrected chi connectivity index (χ3v) is 3.95. The zero-order chi connectivity index (χ0) is 13.0. The molecule has 5 nitrogen and oxygen atoms in total. The smallest absolute Gasteiger partial charge is 0.223 e. The summed E-state index contributed by atoms with van der Waals surface area (Å²) >= 11 is 1.36. The molecule has 2 heterocycles. The van der Waals surface area contributed by atoms with E-state index in [0.29, 0.717) is 18.9 Å². The number of rotatable bonds is 6. The molecule has 18 heavy (non-hydrogen) atoms. The van der Waals surface area contributed by atoms with Crippen LogP contribution in [0, 0.1) is 5.92 Å². The van der Waals surface area contributed by atoms with Gasteiger partial charge in [-0.1, -0.05) is 17.8 Å². The van der Waals surface area contributed by atoms with Crippen molar-refractivity contribution in [3.05, 3.63) is 5.69 Å². The highest BCUT2D eigenvalue weighted by molar-refractivity contribution is 7.10. The van der Waals surface area contributed by atoms with E-state index in [0.717, 1.165) is 36.6 Å². The molecule has 0 radical (unpaired) electrons. The molecule has 6 heteroatoms. The van der Waals surface area contributed by atoms with Gasteiger partial charge in [0.1, 0.15) is 10.7 Å². The first-order valence-electron chi connectivity index (χ1n) is 6.57. The third kappa shape index (κ3) is 2.98. The highest BCUT2D eigenvalue weighted by atomic mass is 32.1.